The first-order valence-electron chi connectivity index (χ1n) is 6.57. The Morgan fingerprint density at radius 1 is 1.45 bits per heavy atom. The van der Waals surface area contributed by atoms with Gasteiger partial charge in [-0.2, -0.15) is 0 Å². The van der Waals surface area contributed by atoms with Crippen LogP contribution in [0.3, 0.4) is 0 Å². The Labute approximate surface area is 121 Å². The maximum atomic E-state index is 11.8. The standard InChI is InChI=1S/C14H14ClN3O2/c1-2-20-14(19)13-12-8-7-11(18(12)17-16-13)9-3-5-10(15)6-4-9/h3-6,11H,2,7-8H2,1H3. The maximum Gasteiger partial charge on any atom is 0.360 e. The molecule has 0 amide bonds. The van der Waals surface area contributed by atoms with Gasteiger partial charge in [0, 0.05) is 5.02 Å². The number of esters is 1. The van der Waals surface area contributed by atoms with Crippen LogP contribution in [0.5, 0.6) is 0 Å². The minimum atomic E-state index is -0.398. The van der Waals surface area contributed by atoms with Crippen LogP contribution >= 0.6 is 11.6 Å². The number of benzene rings is 1. The van der Waals surface area contributed by atoms with Crippen molar-refractivity contribution in [1.29, 1.82) is 0 Å². The van der Waals surface area contributed by atoms with Gasteiger partial charge in [0.2, 0.25) is 0 Å². The quantitative estimate of drug-likeness (QED) is 0.816. The minimum Gasteiger partial charge on any atom is -0.461 e. The highest BCUT2D eigenvalue weighted by atomic mass is 35.5. The summed E-state index contributed by atoms with van der Waals surface area (Å²) in [5, 5.41) is 8.78. The summed E-state index contributed by atoms with van der Waals surface area (Å²) in [5.41, 5.74) is 2.31. The van der Waals surface area contributed by atoms with Crippen molar-refractivity contribution in [2.24, 2.45) is 0 Å². The molecule has 0 saturated heterocycles. The third kappa shape index (κ3) is 2.18. The first kappa shape index (κ1) is 13.1. The Balaban J connectivity index is 1.91. The van der Waals surface area contributed by atoms with Crippen LogP contribution in [0.25, 0.3) is 0 Å². The molecule has 0 radical (unpaired) electrons. The van der Waals surface area contributed by atoms with Gasteiger partial charge in [-0.25, -0.2) is 9.48 Å². The SMILES string of the molecule is CCOC(=O)c1nnn2c1CCC2c1ccc(Cl)cc1. The molecular formula is C14H14ClN3O2. The van der Waals surface area contributed by atoms with Crippen LogP contribution in [-0.2, 0) is 11.2 Å². The van der Waals surface area contributed by atoms with Crippen molar-refractivity contribution in [2.75, 3.05) is 6.61 Å². The first-order chi connectivity index (χ1) is 9.70. The molecule has 6 heteroatoms. The number of hydrogen-bond acceptors (Lipinski definition) is 4. The van der Waals surface area contributed by atoms with E-state index in [1.54, 1.807) is 6.92 Å². The average molecular weight is 292 g/mol. The summed E-state index contributed by atoms with van der Waals surface area (Å²) in [5.74, 6) is -0.398. The monoisotopic (exact) mass is 291 g/mol. The number of carbonyl (C=O) groups is 1. The number of hydrogen-bond donors (Lipinski definition) is 0. The molecule has 3 rings (SSSR count). The first-order valence-corrected chi connectivity index (χ1v) is 6.95. The number of rotatable bonds is 3. The Kier molecular flexibility index (Phi) is 3.44. The predicted octanol–water partition coefficient (Wildman–Crippen LogP) is 2.64. The second kappa shape index (κ2) is 5.25. The minimum absolute atomic E-state index is 0.109. The predicted molar refractivity (Wildman–Crippen MR) is 73.9 cm³/mol. The smallest absolute Gasteiger partial charge is 0.360 e. The van der Waals surface area contributed by atoms with E-state index in [4.69, 9.17) is 16.3 Å². The van der Waals surface area contributed by atoms with E-state index < -0.39 is 5.97 Å². The molecule has 0 aliphatic carbocycles. The largest absolute Gasteiger partial charge is 0.461 e. The molecule has 0 N–H and O–H groups in total. The number of nitrogens with zero attached hydrogens (tertiary/aromatic N) is 3. The van der Waals surface area contributed by atoms with Gasteiger partial charge >= 0.3 is 5.97 Å². The molecule has 0 bridgehead atoms. The van der Waals surface area contributed by atoms with Crippen LogP contribution in [-0.4, -0.2) is 27.6 Å². The maximum absolute atomic E-state index is 11.8. The highest BCUT2D eigenvalue weighted by Gasteiger charge is 2.31. The van der Waals surface area contributed by atoms with Crippen LogP contribution < -0.4 is 0 Å². The second-order valence-electron chi connectivity index (χ2n) is 4.66. The lowest BCUT2D eigenvalue weighted by Crippen LogP contribution is -2.08. The Bertz CT molecular complexity index is 636. The van der Waals surface area contributed by atoms with E-state index in [0.717, 1.165) is 24.1 Å². The van der Waals surface area contributed by atoms with Crippen LogP contribution in [0.1, 0.15) is 41.1 Å². The van der Waals surface area contributed by atoms with Gasteiger partial charge in [0.15, 0.2) is 5.69 Å². The van der Waals surface area contributed by atoms with Gasteiger partial charge in [0.05, 0.1) is 18.3 Å². The molecule has 1 aliphatic rings. The summed E-state index contributed by atoms with van der Waals surface area (Å²) in [7, 11) is 0. The van der Waals surface area contributed by atoms with E-state index in [2.05, 4.69) is 10.3 Å². The van der Waals surface area contributed by atoms with Crippen LogP contribution in [0.15, 0.2) is 24.3 Å². The zero-order chi connectivity index (χ0) is 14.1. The van der Waals surface area contributed by atoms with Crippen LogP contribution in [0.4, 0.5) is 0 Å². The molecule has 1 atom stereocenters. The molecular weight excluding hydrogens is 278 g/mol. The van der Waals surface area contributed by atoms with Gasteiger partial charge in [-0.15, -0.1) is 5.10 Å². The van der Waals surface area contributed by atoms with Crippen molar-refractivity contribution >= 4 is 17.6 Å². The normalized spacial score (nSPS) is 17.0. The second-order valence-corrected chi connectivity index (χ2v) is 5.09. The van der Waals surface area contributed by atoms with E-state index >= 15 is 0 Å². The van der Waals surface area contributed by atoms with E-state index in [0.29, 0.717) is 17.3 Å². The van der Waals surface area contributed by atoms with Gasteiger partial charge in [0.25, 0.3) is 0 Å². The van der Waals surface area contributed by atoms with E-state index in [1.165, 1.54) is 0 Å². The lowest BCUT2D eigenvalue weighted by Gasteiger charge is -2.11. The van der Waals surface area contributed by atoms with Crippen LogP contribution in [0, 0.1) is 0 Å². The molecule has 0 fully saturated rings. The van der Waals surface area contributed by atoms with Gasteiger partial charge in [-0.1, -0.05) is 28.9 Å². The third-order valence-corrected chi connectivity index (χ3v) is 3.72. The summed E-state index contributed by atoms with van der Waals surface area (Å²) in [6.45, 7) is 2.11. The lowest BCUT2D eigenvalue weighted by atomic mass is 10.1. The molecule has 2 aromatic rings. The Morgan fingerprint density at radius 2 is 2.20 bits per heavy atom. The average Bonchev–Trinajstić information content (AvgIpc) is 3.01. The third-order valence-electron chi connectivity index (χ3n) is 3.46. The van der Waals surface area contributed by atoms with Crippen molar-refractivity contribution in [3.05, 3.63) is 46.2 Å². The fourth-order valence-electron chi connectivity index (χ4n) is 2.54. The molecule has 2 heterocycles. The molecule has 0 saturated carbocycles. The molecule has 1 aliphatic heterocycles. The van der Waals surface area contributed by atoms with Crippen molar-refractivity contribution in [3.8, 4) is 0 Å². The fraction of sp³-hybridized carbons (Fsp3) is 0.357. The highest BCUT2D eigenvalue weighted by Crippen LogP contribution is 2.32. The van der Waals surface area contributed by atoms with Crippen molar-refractivity contribution in [3.63, 3.8) is 0 Å². The summed E-state index contributed by atoms with van der Waals surface area (Å²) in [6, 6.07) is 7.79. The highest BCUT2D eigenvalue weighted by molar-refractivity contribution is 6.30. The van der Waals surface area contributed by atoms with Crippen molar-refractivity contribution in [1.82, 2.24) is 15.0 Å². The topological polar surface area (TPSA) is 57.0 Å². The fourth-order valence-corrected chi connectivity index (χ4v) is 2.67. The number of carbonyl (C=O) groups excluding carboxylic acids is 1. The Hall–Kier alpha value is -1.88. The summed E-state index contributed by atoms with van der Waals surface area (Å²) in [4.78, 5) is 11.8. The summed E-state index contributed by atoms with van der Waals surface area (Å²) >= 11 is 5.90. The summed E-state index contributed by atoms with van der Waals surface area (Å²) in [6.07, 6.45) is 1.67. The van der Waals surface area contributed by atoms with Crippen LogP contribution in [0.2, 0.25) is 5.02 Å². The Morgan fingerprint density at radius 3 is 2.90 bits per heavy atom. The van der Waals surface area contributed by atoms with Crippen molar-refractivity contribution in [2.45, 2.75) is 25.8 Å². The summed E-state index contributed by atoms with van der Waals surface area (Å²) < 4.78 is 6.81. The van der Waals surface area contributed by atoms with Gasteiger partial charge < -0.3 is 4.74 Å². The molecule has 1 aromatic heterocycles. The zero-order valence-electron chi connectivity index (χ0n) is 11.0. The molecule has 1 unspecified atom stereocenters. The molecule has 104 valence electrons. The number of halogens is 1. The lowest BCUT2D eigenvalue weighted by molar-refractivity contribution is 0.0518. The molecule has 0 spiro atoms. The zero-order valence-corrected chi connectivity index (χ0v) is 11.8. The van der Waals surface area contributed by atoms with E-state index in [-0.39, 0.29) is 6.04 Å². The van der Waals surface area contributed by atoms with Crippen molar-refractivity contribution < 1.29 is 9.53 Å². The number of ether oxygens (including phenoxy) is 1. The van der Waals surface area contributed by atoms with Gasteiger partial charge in [0.1, 0.15) is 0 Å². The van der Waals surface area contributed by atoms with E-state index in [9.17, 15) is 4.79 Å². The molecule has 1 aromatic carbocycles. The number of fused-ring (bicyclic) bond motifs is 1. The molecule has 20 heavy (non-hydrogen) atoms. The molecule has 5 nitrogen and oxygen atoms in total. The van der Waals surface area contributed by atoms with E-state index in [1.807, 2.05) is 28.9 Å². The van der Waals surface area contributed by atoms with Gasteiger partial charge in [-0.3, -0.25) is 0 Å². The van der Waals surface area contributed by atoms with Gasteiger partial charge in [-0.05, 0) is 37.5 Å². The number of aromatic nitrogens is 3.